The van der Waals surface area contributed by atoms with Crippen LogP contribution in [0.5, 0.6) is 0 Å². The average Bonchev–Trinajstić information content (AvgIpc) is 2.56. The van der Waals surface area contributed by atoms with Crippen LogP contribution in [0.4, 0.5) is 0 Å². The van der Waals surface area contributed by atoms with E-state index < -0.39 is 23.5 Å². The van der Waals surface area contributed by atoms with Crippen molar-refractivity contribution in [1.82, 2.24) is 0 Å². The Balaban J connectivity index is 2.56. The lowest BCUT2D eigenvalue weighted by Gasteiger charge is -2.24. The summed E-state index contributed by atoms with van der Waals surface area (Å²) in [4.78, 5) is 36.0. The minimum absolute atomic E-state index is 0.0143. The molecule has 0 spiro atoms. The van der Waals surface area contributed by atoms with E-state index in [2.05, 4.69) is 0 Å². The van der Waals surface area contributed by atoms with Gasteiger partial charge in [-0.3, -0.25) is 9.59 Å². The molecule has 0 bridgehead atoms. The minimum Gasteiger partial charge on any atom is -0.461 e. The molecule has 6 nitrogen and oxygen atoms in total. The van der Waals surface area contributed by atoms with Crippen molar-refractivity contribution in [2.24, 2.45) is 5.41 Å². The molecule has 0 N–H and O–H groups in total. The van der Waals surface area contributed by atoms with E-state index in [0.717, 1.165) is 5.56 Å². The molecule has 0 saturated carbocycles. The fourth-order valence-electron chi connectivity index (χ4n) is 2.10. The zero-order valence-corrected chi connectivity index (χ0v) is 15.2. The first-order valence-electron chi connectivity index (χ1n) is 8.16. The van der Waals surface area contributed by atoms with Gasteiger partial charge in [-0.05, 0) is 5.56 Å². The summed E-state index contributed by atoms with van der Waals surface area (Å²) in [5, 5.41) is 0. The van der Waals surface area contributed by atoms with Crippen LogP contribution < -0.4 is 0 Å². The fourth-order valence-corrected chi connectivity index (χ4v) is 2.10. The van der Waals surface area contributed by atoms with E-state index in [1.165, 1.54) is 7.11 Å². The highest BCUT2D eigenvalue weighted by molar-refractivity contribution is 5.90. The molecule has 0 aliphatic heterocycles. The first kappa shape index (κ1) is 20.8. The lowest BCUT2D eigenvalue weighted by molar-refractivity contribution is -0.162. The minimum atomic E-state index is -0.994. The lowest BCUT2D eigenvalue weighted by Crippen LogP contribution is -2.37. The maximum absolute atomic E-state index is 12.4. The molecule has 0 aromatic heterocycles. The van der Waals surface area contributed by atoms with Gasteiger partial charge >= 0.3 is 11.9 Å². The van der Waals surface area contributed by atoms with Crippen molar-refractivity contribution in [3.05, 3.63) is 35.9 Å². The third-order valence-corrected chi connectivity index (χ3v) is 3.42. The van der Waals surface area contributed by atoms with Crippen molar-refractivity contribution >= 4 is 17.7 Å². The Bertz CT molecular complexity index is 573. The summed E-state index contributed by atoms with van der Waals surface area (Å²) >= 11 is 0. The highest BCUT2D eigenvalue weighted by Crippen LogP contribution is 2.21. The summed E-state index contributed by atoms with van der Waals surface area (Å²) in [6, 6.07) is 9.30. The summed E-state index contributed by atoms with van der Waals surface area (Å²) in [5.41, 5.74) is 0.191. The third-order valence-electron chi connectivity index (χ3n) is 3.42. The van der Waals surface area contributed by atoms with E-state index in [1.54, 1.807) is 20.8 Å². The number of esters is 2. The lowest BCUT2D eigenvalue weighted by atomic mass is 9.86. The number of ketones is 1. The first-order chi connectivity index (χ1) is 11.7. The van der Waals surface area contributed by atoms with Gasteiger partial charge in [0.15, 0.2) is 11.9 Å². The van der Waals surface area contributed by atoms with Gasteiger partial charge in [-0.25, -0.2) is 4.79 Å². The molecule has 0 aliphatic carbocycles. The van der Waals surface area contributed by atoms with Crippen molar-refractivity contribution in [1.29, 1.82) is 0 Å². The predicted molar refractivity (Wildman–Crippen MR) is 91.7 cm³/mol. The van der Waals surface area contributed by atoms with Crippen molar-refractivity contribution < 1.29 is 28.6 Å². The number of carbonyl (C=O) groups is 3. The maximum atomic E-state index is 12.4. The molecule has 0 saturated heterocycles. The van der Waals surface area contributed by atoms with Crippen LogP contribution in [-0.4, -0.2) is 37.5 Å². The number of rotatable bonds is 9. The number of hydrogen-bond donors (Lipinski definition) is 0. The van der Waals surface area contributed by atoms with E-state index >= 15 is 0 Å². The highest BCUT2D eigenvalue weighted by Gasteiger charge is 2.32. The van der Waals surface area contributed by atoms with Gasteiger partial charge < -0.3 is 14.2 Å². The molecule has 1 aromatic carbocycles. The smallest absolute Gasteiger partial charge is 0.332 e. The number of Topliss-reactive ketones (excluding diaryl/α,β-unsaturated/α-hetero) is 1. The standard InChI is InChI=1S/C19H26O6/c1-19(2,3)18(22)15(25-17(21)13-23-4)10-11-16(20)24-12-14-8-6-5-7-9-14/h5-9,15H,10-13H2,1-4H3. The third kappa shape index (κ3) is 7.94. The maximum Gasteiger partial charge on any atom is 0.332 e. The van der Waals surface area contributed by atoms with Crippen LogP contribution in [0.25, 0.3) is 0 Å². The Morgan fingerprint density at radius 3 is 2.24 bits per heavy atom. The summed E-state index contributed by atoms with van der Waals surface area (Å²) in [6.07, 6.45) is -0.925. The Hall–Kier alpha value is -2.21. The molecule has 0 radical (unpaired) electrons. The van der Waals surface area contributed by atoms with E-state index in [9.17, 15) is 14.4 Å². The number of benzene rings is 1. The largest absolute Gasteiger partial charge is 0.461 e. The second-order valence-corrected chi connectivity index (χ2v) is 6.71. The molecular formula is C19H26O6. The molecule has 1 unspecified atom stereocenters. The molecule has 6 heteroatoms. The van der Waals surface area contributed by atoms with Crippen LogP contribution in [0, 0.1) is 5.41 Å². The normalized spacial score (nSPS) is 12.3. The van der Waals surface area contributed by atoms with Crippen LogP contribution >= 0.6 is 0 Å². The molecule has 0 heterocycles. The van der Waals surface area contributed by atoms with Gasteiger partial charge in [0.1, 0.15) is 13.2 Å². The van der Waals surface area contributed by atoms with Crippen molar-refractivity contribution in [2.75, 3.05) is 13.7 Å². The molecule has 1 atom stereocenters. The second-order valence-electron chi connectivity index (χ2n) is 6.71. The van der Waals surface area contributed by atoms with Gasteiger partial charge in [-0.15, -0.1) is 0 Å². The van der Waals surface area contributed by atoms with Crippen LogP contribution in [-0.2, 0) is 35.2 Å². The molecule has 1 rings (SSSR count). The van der Waals surface area contributed by atoms with Gasteiger partial charge in [-0.2, -0.15) is 0 Å². The van der Waals surface area contributed by atoms with Crippen molar-refractivity contribution in [3.63, 3.8) is 0 Å². The van der Waals surface area contributed by atoms with E-state index in [4.69, 9.17) is 14.2 Å². The van der Waals surface area contributed by atoms with Gasteiger partial charge in [0.25, 0.3) is 0 Å². The monoisotopic (exact) mass is 350 g/mol. The van der Waals surface area contributed by atoms with Gasteiger partial charge in [0.2, 0.25) is 0 Å². The Morgan fingerprint density at radius 2 is 1.68 bits per heavy atom. The topological polar surface area (TPSA) is 78.9 Å². The molecule has 0 amide bonds. The van der Waals surface area contributed by atoms with Crippen molar-refractivity contribution in [3.8, 4) is 0 Å². The van der Waals surface area contributed by atoms with Crippen LogP contribution in [0.3, 0.4) is 0 Å². The summed E-state index contributed by atoms with van der Waals surface area (Å²) < 4.78 is 15.1. The second kappa shape index (κ2) is 9.93. The summed E-state index contributed by atoms with van der Waals surface area (Å²) in [7, 11) is 1.36. The summed E-state index contributed by atoms with van der Waals surface area (Å²) in [5.74, 6) is -1.33. The van der Waals surface area contributed by atoms with Crippen LogP contribution in [0.15, 0.2) is 30.3 Å². The Labute approximate surface area is 148 Å². The molecule has 138 valence electrons. The van der Waals surface area contributed by atoms with E-state index in [1.807, 2.05) is 30.3 Å². The fraction of sp³-hybridized carbons (Fsp3) is 0.526. The van der Waals surface area contributed by atoms with E-state index in [0.29, 0.717) is 0 Å². The molecular weight excluding hydrogens is 324 g/mol. The Morgan fingerprint density at radius 1 is 1.04 bits per heavy atom. The number of methoxy groups -OCH3 is 1. The van der Waals surface area contributed by atoms with Crippen LogP contribution in [0.2, 0.25) is 0 Å². The van der Waals surface area contributed by atoms with Crippen molar-refractivity contribution in [2.45, 2.75) is 46.3 Å². The number of carbonyl (C=O) groups excluding carboxylic acids is 3. The Kier molecular flexibility index (Phi) is 8.28. The average molecular weight is 350 g/mol. The van der Waals surface area contributed by atoms with Crippen LogP contribution in [0.1, 0.15) is 39.2 Å². The molecule has 0 aliphatic rings. The predicted octanol–water partition coefficient (Wildman–Crippen LogP) is 2.68. The van der Waals surface area contributed by atoms with Gasteiger partial charge in [0, 0.05) is 25.4 Å². The summed E-state index contributed by atoms with van der Waals surface area (Å²) in [6.45, 7) is 5.13. The number of ether oxygens (including phenoxy) is 3. The first-order valence-corrected chi connectivity index (χ1v) is 8.16. The van der Waals surface area contributed by atoms with E-state index in [-0.39, 0.29) is 31.8 Å². The van der Waals surface area contributed by atoms with Gasteiger partial charge in [0.05, 0.1) is 0 Å². The molecule has 25 heavy (non-hydrogen) atoms. The number of hydrogen-bond acceptors (Lipinski definition) is 6. The quantitative estimate of drug-likeness (QED) is 0.637. The SMILES string of the molecule is COCC(=O)OC(CCC(=O)OCc1ccccc1)C(=O)C(C)(C)C. The zero-order chi connectivity index (χ0) is 18.9. The molecule has 1 aromatic rings. The molecule has 0 fully saturated rings. The van der Waals surface area contributed by atoms with Gasteiger partial charge in [-0.1, -0.05) is 51.1 Å². The highest BCUT2D eigenvalue weighted by atomic mass is 16.6. The zero-order valence-electron chi connectivity index (χ0n) is 15.2.